The molecule has 0 aromatic rings. The van der Waals surface area contributed by atoms with E-state index in [1.165, 1.54) is 17.0 Å². The normalized spacial score (nSPS) is 29.0. The molecule has 1 atom stereocenters. The summed E-state index contributed by atoms with van der Waals surface area (Å²) in [5.41, 5.74) is 4.66. The highest BCUT2D eigenvalue weighted by atomic mass is 15.2. The van der Waals surface area contributed by atoms with Crippen molar-refractivity contribution in [1.29, 1.82) is 0 Å². The zero-order chi connectivity index (χ0) is 11.2. The first kappa shape index (κ1) is 10.5. The molecule has 2 aliphatic rings. The van der Waals surface area contributed by atoms with Crippen LogP contribution in [0.25, 0.3) is 0 Å². The van der Waals surface area contributed by atoms with E-state index in [-0.39, 0.29) is 5.54 Å². The van der Waals surface area contributed by atoms with Crippen molar-refractivity contribution < 1.29 is 0 Å². The van der Waals surface area contributed by atoms with Gasteiger partial charge in [0, 0.05) is 29.3 Å². The van der Waals surface area contributed by atoms with Crippen LogP contribution in [0.15, 0.2) is 35.2 Å². The fourth-order valence-electron chi connectivity index (χ4n) is 2.83. The molecule has 1 heterocycles. The highest BCUT2D eigenvalue weighted by molar-refractivity contribution is 5.34. The van der Waals surface area contributed by atoms with E-state index in [1.807, 2.05) is 0 Å². The molecule has 0 bridgehead atoms. The molecule has 1 nitrogen and oxygen atoms in total. The number of hydrogen-bond donors (Lipinski definition) is 0. The lowest BCUT2D eigenvalue weighted by Gasteiger charge is -2.39. The topological polar surface area (TPSA) is 3.24 Å². The molecule has 0 aromatic heterocycles. The van der Waals surface area contributed by atoms with Gasteiger partial charge in [0.05, 0.1) is 0 Å². The van der Waals surface area contributed by atoms with Crippen LogP contribution in [0.1, 0.15) is 41.0 Å². The smallest absolute Gasteiger partial charge is 0.0452 e. The predicted octanol–water partition coefficient (Wildman–Crippen LogP) is 3.85. The first-order valence-electron chi connectivity index (χ1n) is 5.79. The number of nitrogens with zero attached hydrogens (tertiary/aromatic N) is 1. The van der Waals surface area contributed by atoms with Crippen molar-refractivity contribution in [3.63, 3.8) is 0 Å². The van der Waals surface area contributed by atoms with Gasteiger partial charge in [-0.2, -0.15) is 0 Å². The van der Waals surface area contributed by atoms with E-state index in [4.69, 9.17) is 0 Å². The molecule has 0 saturated carbocycles. The molecule has 0 saturated heterocycles. The maximum absolute atomic E-state index is 2.52. The van der Waals surface area contributed by atoms with Crippen LogP contribution in [0.4, 0.5) is 0 Å². The number of allylic oxidation sites excluding steroid dienone is 4. The van der Waals surface area contributed by atoms with Crippen LogP contribution in [0.3, 0.4) is 0 Å². The van der Waals surface area contributed by atoms with E-state index in [0.29, 0.717) is 5.92 Å². The predicted molar refractivity (Wildman–Crippen MR) is 65.3 cm³/mol. The van der Waals surface area contributed by atoms with E-state index in [0.717, 1.165) is 6.42 Å². The molecule has 1 heteroatoms. The Labute approximate surface area is 93.2 Å². The largest absolute Gasteiger partial charge is 0.343 e. The van der Waals surface area contributed by atoms with Gasteiger partial charge in [0.2, 0.25) is 0 Å². The van der Waals surface area contributed by atoms with Gasteiger partial charge in [0.15, 0.2) is 0 Å². The van der Waals surface area contributed by atoms with Crippen LogP contribution >= 0.6 is 0 Å². The molecule has 0 N–H and O–H groups in total. The Balaban J connectivity index is 2.39. The second kappa shape index (κ2) is 3.26. The summed E-state index contributed by atoms with van der Waals surface area (Å²) in [5.74, 6) is 0.638. The molecule has 82 valence electrons. The van der Waals surface area contributed by atoms with Gasteiger partial charge in [-0.3, -0.25) is 0 Å². The first-order valence-corrected chi connectivity index (χ1v) is 5.79. The summed E-state index contributed by atoms with van der Waals surface area (Å²) in [6.45, 7) is 11.5. The van der Waals surface area contributed by atoms with Crippen molar-refractivity contribution in [1.82, 2.24) is 4.90 Å². The van der Waals surface area contributed by atoms with Crippen molar-refractivity contribution in [2.24, 2.45) is 5.92 Å². The maximum atomic E-state index is 2.52. The monoisotopic (exact) mass is 203 g/mol. The summed E-state index contributed by atoms with van der Waals surface area (Å²) in [6, 6.07) is 0. The third kappa shape index (κ3) is 1.37. The van der Waals surface area contributed by atoms with E-state index < -0.39 is 0 Å². The Kier molecular flexibility index (Phi) is 2.29. The molecule has 0 spiro atoms. The summed E-state index contributed by atoms with van der Waals surface area (Å²) in [5, 5.41) is 0. The Morgan fingerprint density at radius 3 is 2.40 bits per heavy atom. The summed E-state index contributed by atoms with van der Waals surface area (Å²) in [4.78, 5) is 2.52. The summed E-state index contributed by atoms with van der Waals surface area (Å²) in [6.07, 6.45) is 7.73. The summed E-state index contributed by atoms with van der Waals surface area (Å²) < 4.78 is 0. The highest BCUT2D eigenvalue weighted by Gasteiger charge is 2.42. The lowest BCUT2D eigenvalue weighted by Crippen LogP contribution is -2.41. The van der Waals surface area contributed by atoms with Crippen molar-refractivity contribution in [3.05, 3.63) is 35.2 Å². The third-order valence-corrected chi connectivity index (χ3v) is 4.23. The molecule has 1 unspecified atom stereocenters. The van der Waals surface area contributed by atoms with E-state index in [2.05, 4.69) is 57.7 Å². The van der Waals surface area contributed by atoms with Crippen molar-refractivity contribution in [3.8, 4) is 0 Å². The van der Waals surface area contributed by atoms with Crippen LogP contribution in [0.5, 0.6) is 0 Å². The molecule has 0 fully saturated rings. The average molecular weight is 203 g/mol. The minimum Gasteiger partial charge on any atom is -0.343 e. The average Bonchev–Trinajstić information content (AvgIpc) is 2.72. The van der Waals surface area contributed by atoms with Gasteiger partial charge < -0.3 is 4.90 Å². The molecular formula is C14H21N. The minimum absolute atomic E-state index is 0.228. The molecule has 1 aliphatic heterocycles. The Hall–Kier alpha value is -0.980. The minimum atomic E-state index is 0.228. The van der Waals surface area contributed by atoms with Gasteiger partial charge in [-0.15, -0.1) is 0 Å². The van der Waals surface area contributed by atoms with E-state index >= 15 is 0 Å². The van der Waals surface area contributed by atoms with E-state index in [1.54, 1.807) is 0 Å². The molecule has 0 radical (unpaired) electrons. The van der Waals surface area contributed by atoms with E-state index in [9.17, 15) is 0 Å². The molecule has 0 amide bonds. The Bertz CT molecular complexity index is 369. The lowest BCUT2D eigenvalue weighted by atomic mass is 9.86. The molecule has 2 rings (SSSR count). The van der Waals surface area contributed by atoms with Crippen LogP contribution in [-0.2, 0) is 0 Å². The van der Waals surface area contributed by atoms with Gasteiger partial charge in [0.1, 0.15) is 0 Å². The van der Waals surface area contributed by atoms with Gasteiger partial charge in [-0.1, -0.05) is 19.1 Å². The van der Waals surface area contributed by atoms with Crippen molar-refractivity contribution in [2.45, 2.75) is 46.6 Å². The number of hydrogen-bond acceptors (Lipinski definition) is 1. The van der Waals surface area contributed by atoms with Crippen molar-refractivity contribution in [2.75, 3.05) is 0 Å². The first-order chi connectivity index (χ1) is 6.96. The Morgan fingerprint density at radius 1 is 1.33 bits per heavy atom. The highest BCUT2D eigenvalue weighted by Crippen LogP contribution is 2.44. The maximum Gasteiger partial charge on any atom is 0.0452 e. The fourth-order valence-corrected chi connectivity index (χ4v) is 2.83. The summed E-state index contributed by atoms with van der Waals surface area (Å²) in [7, 11) is 0. The van der Waals surface area contributed by atoms with Gasteiger partial charge in [-0.05, 0) is 39.3 Å². The zero-order valence-corrected chi connectivity index (χ0v) is 10.5. The summed E-state index contributed by atoms with van der Waals surface area (Å²) >= 11 is 0. The van der Waals surface area contributed by atoms with Crippen LogP contribution in [0.2, 0.25) is 0 Å². The zero-order valence-electron chi connectivity index (χ0n) is 10.5. The second-order valence-corrected chi connectivity index (χ2v) is 5.27. The van der Waals surface area contributed by atoms with Crippen LogP contribution < -0.4 is 0 Å². The number of rotatable bonds is 1. The van der Waals surface area contributed by atoms with Crippen molar-refractivity contribution >= 4 is 0 Å². The second-order valence-electron chi connectivity index (χ2n) is 5.27. The molecule has 1 aliphatic carbocycles. The Morgan fingerprint density at radius 2 is 2.00 bits per heavy atom. The van der Waals surface area contributed by atoms with Crippen LogP contribution in [-0.4, -0.2) is 10.4 Å². The third-order valence-electron chi connectivity index (χ3n) is 4.23. The molecular weight excluding hydrogens is 182 g/mol. The molecule has 0 aromatic carbocycles. The fraction of sp³-hybridized carbons (Fsp3) is 0.571. The molecule has 15 heavy (non-hydrogen) atoms. The quantitative estimate of drug-likeness (QED) is 0.625. The van der Waals surface area contributed by atoms with Gasteiger partial charge >= 0.3 is 0 Å². The van der Waals surface area contributed by atoms with Gasteiger partial charge in [-0.25, -0.2) is 0 Å². The SMILES string of the molecule is CC1=C(C)N(C2=CC=CC2)C(C)(C)C1C. The standard InChI is InChI=1S/C14H21N/c1-10-11(2)14(4,5)15(12(10)3)13-8-6-7-9-13/h6-8,11H,9H2,1-5H3. The van der Waals surface area contributed by atoms with Crippen LogP contribution in [0, 0.1) is 5.92 Å². The lowest BCUT2D eigenvalue weighted by molar-refractivity contribution is 0.194. The van der Waals surface area contributed by atoms with Gasteiger partial charge in [0.25, 0.3) is 0 Å².